The number of esters is 1. The molecule has 1 amide bonds. The van der Waals surface area contributed by atoms with Crippen LogP contribution in [0.4, 0.5) is 0 Å². The molecule has 2 N–H and O–H groups in total. The first-order chi connectivity index (χ1) is 6.47. The molecule has 0 aliphatic rings. The third kappa shape index (κ3) is 5.69. The van der Waals surface area contributed by atoms with Gasteiger partial charge in [-0.3, -0.25) is 13.8 Å². The van der Waals surface area contributed by atoms with E-state index in [0.717, 1.165) is 0 Å². The van der Waals surface area contributed by atoms with Crippen LogP contribution in [-0.4, -0.2) is 34.2 Å². The molecular formula is C8H15NO4S. The van der Waals surface area contributed by atoms with E-state index in [9.17, 15) is 13.8 Å². The van der Waals surface area contributed by atoms with Crippen molar-refractivity contribution >= 4 is 22.7 Å². The van der Waals surface area contributed by atoms with E-state index in [0.29, 0.717) is 0 Å². The molecule has 2 atom stereocenters. The molecule has 6 heteroatoms. The third-order valence-corrected chi connectivity index (χ3v) is 3.35. The van der Waals surface area contributed by atoms with Gasteiger partial charge in [0.1, 0.15) is 0 Å². The van der Waals surface area contributed by atoms with Gasteiger partial charge in [0.2, 0.25) is 5.91 Å². The second-order valence-corrected chi connectivity index (χ2v) is 4.87. The van der Waals surface area contributed by atoms with E-state index < -0.39 is 22.7 Å². The molecule has 0 aliphatic carbocycles. The Kier molecular flexibility index (Phi) is 6.11. The van der Waals surface area contributed by atoms with E-state index in [4.69, 9.17) is 5.73 Å². The maximum absolute atomic E-state index is 11.4. The lowest BCUT2D eigenvalue weighted by Gasteiger charge is -2.08. The van der Waals surface area contributed by atoms with E-state index in [1.165, 1.54) is 7.11 Å². The lowest BCUT2D eigenvalue weighted by atomic mass is 10.3. The zero-order valence-corrected chi connectivity index (χ0v) is 9.13. The van der Waals surface area contributed by atoms with Gasteiger partial charge < -0.3 is 10.5 Å². The largest absolute Gasteiger partial charge is 0.469 e. The first-order valence-electron chi connectivity index (χ1n) is 4.19. The Balaban J connectivity index is 3.87. The van der Waals surface area contributed by atoms with Crippen LogP contribution in [0.2, 0.25) is 0 Å². The number of carbonyl (C=O) groups is 2. The molecule has 0 saturated heterocycles. The number of hydrogen-bond donors (Lipinski definition) is 1. The zero-order valence-electron chi connectivity index (χ0n) is 8.32. The molecular weight excluding hydrogens is 206 g/mol. The van der Waals surface area contributed by atoms with Crippen LogP contribution in [0.1, 0.15) is 19.8 Å². The number of hydrogen-bond acceptors (Lipinski definition) is 4. The SMILES string of the molecule is COC(=O)CC(C)S(=O)CCC(N)=O. The molecule has 0 spiro atoms. The highest BCUT2D eigenvalue weighted by Crippen LogP contribution is 2.04. The summed E-state index contributed by atoms with van der Waals surface area (Å²) in [7, 11) is 0.0700. The highest BCUT2D eigenvalue weighted by Gasteiger charge is 2.16. The Morgan fingerprint density at radius 1 is 1.50 bits per heavy atom. The number of ether oxygens (including phenoxy) is 1. The van der Waals surface area contributed by atoms with Gasteiger partial charge in [0.15, 0.2) is 0 Å². The molecule has 82 valence electrons. The van der Waals surface area contributed by atoms with Crippen LogP contribution < -0.4 is 5.73 Å². The Bertz CT molecular complexity index is 241. The van der Waals surface area contributed by atoms with Crippen molar-refractivity contribution in [3.8, 4) is 0 Å². The van der Waals surface area contributed by atoms with Gasteiger partial charge in [0.25, 0.3) is 0 Å². The molecule has 0 bridgehead atoms. The minimum atomic E-state index is -1.21. The van der Waals surface area contributed by atoms with Gasteiger partial charge >= 0.3 is 5.97 Å². The molecule has 5 nitrogen and oxygen atoms in total. The van der Waals surface area contributed by atoms with Gasteiger partial charge in [-0.1, -0.05) is 6.92 Å². The maximum Gasteiger partial charge on any atom is 0.306 e. The quantitative estimate of drug-likeness (QED) is 0.616. The lowest BCUT2D eigenvalue weighted by Crippen LogP contribution is -2.22. The number of nitrogens with two attached hydrogens (primary N) is 1. The number of rotatable bonds is 6. The molecule has 0 heterocycles. The first-order valence-corrected chi connectivity index (χ1v) is 5.58. The van der Waals surface area contributed by atoms with E-state index in [1.807, 2.05) is 0 Å². The molecule has 14 heavy (non-hydrogen) atoms. The summed E-state index contributed by atoms with van der Waals surface area (Å²) in [5, 5.41) is -0.304. The normalized spacial score (nSPS) is 14.4. The van der Waals surface area contributed by atoms with Crippen LogP contribution >= 0.6 is 0 Å². The molecule has 2 unspecified atom stereocenters. The summed E-state index contributed by atoms with van der Waals surface area (Å²) in [6.45, 7) is 1.67. The van der Waals surface area contributed by atoms with Crippen LogP contribution in [-0.2, 0) is 25.1 Å². The fourth-order valence-electron chi connectivity index (χ4n) is 0.813. The third-order valence-electron chi connectivity index (χ3n) is 1.68. The number of amides is 1. The molecule has 0 aromatic heterocycles. The summed E-state index contributed by atoms with van der Waals surface area (Å²) >= 11 is 0. The van der Waals surface area contributed by atoms with Crippen LogP contribution in [0.3, 0.4) is 0 Å². The lowest BCUT2D eigenvalue weighted by molar-refractivity contribution is -0.140. The van der Waals surface area contributed by atoms with E-state index in [2.05, 4.69) is 4.74 Å². The molecule has 0 aromatic carbocycles. The number of carbonyl (C=O) groups excluding carboxylic acids is 2. The van der Waals surface area contributed by atoms with E-state index >= 15 is 0 Å². The van der Waals surface area contributed by atoms with Gasteiger partial charge in [-0.15, -0.1) is 0 Å². The monoisotopic (exact) mass is 221 g/mol. The minimum absolute atomic E-state index is 0.0815. The predicted molar refractivity (Wildman–Crippen MR) is 52.9 cm³/mol. The maximum atomic E-state index is 11.4. The summed E-state index contributed by atoms with van der Waals surface area (Å²) in [6, 6.07) is 0. The second kappa shape index (κ2) is 6.53. The minimum Gasteiger partial charge on any atom is -0.469 e. The summed E-state index contributed by atoms with van der Waals surface area (Å²) in [5.74, 6) is -0.679. The van der Waals surface area contributed by atoms with E-state index in [-0.39, 0.29) is 23.8 Å². The van der Waals surface area contributed by atoms with Crippen molar-refractivity contribution in [3.05, 3.63) is 0 Å². The smallest absolute Gasteiger partial charge is 0.306 e. The van der Waals surface area contributed by atoms with Crippen molar-refractivity contribution in [2.75, 3.05) is 12.9 Å². The predicted octanol–water partition coefficient (Wildman–Crippen LogP) is -0.438. The summed E-state index contributed by atoms with van der Waals surface area (Å²) < 4.78 is 15.8. The Labute approximate surface area is 85.4 Å². The summed E-state index contributed by atoms with van der Waals surface area (Å²) in [6.07, 6.45) is 0.181. The average Bonchev–Trinajstić information content (AvgIpc) is 2.13. The van der Waals surface area contributed by atoms with E-state index in [1.54, 1.807) is 6.92 Å². The highest BCUT2D eigenvalue weighted by atomic mass is 32.2. The van der Waals surface area contributed by atoms with Crippen molar-refractivity contribution in [1.29, 1.82) is 0 Å². The molecule has 0 radical (unpaired) electrons. The summed E-state index contributed by atoms with van der Waals surface area (Å²) in [4.78, 5) is 21.2. The van der Waals surface area contributed by atoms with Crippen molar-refractivity contribution in [2.24, 2.45) is 5.73 Å². The van der Waals surface area contributed by atoms with Crippen LogP contribution in [0.15, 0.2) is 0 Å². The van der Waals surface area contributed by atoms with Gasteiger partial charge in [0.05, 0.1) is 13.5 Å². The van der Waals surface area contributed by atoms with Gasteiger partial charge in [0, 0.05) is 28.2 Å². The summed E-state index contributed by atoms with van der Waals surface area (Å²) in [5.41, 5.74) is 4.90. The molecule has 0 fully saturated rings. The van der Waals surface area contributed by atoms with Crippen LogP contribution in [0, 0.1) is 0 Å². The zero-order chi connectivity index (χ0) is 11.1. The van der Waals surface area contributed by atoms with Crippen molar-refractivity contribution < 1.29 is 18.5 Å². The highest BCUT2D eigenvalue weighted by molar-refractivity contribution is 7.85. The fraction of sp³-hybridized carbons (Fsp3) is 0.750. The van der Waals surface area contributed by atoms with Crippen LogP contribution in [0.5, 0.6) is 0 Å². The molecule has 0 saturated carbocycles. The number of primary amides is 1. The fourth-order valence-corrected chi connectivity index (χ4v) is 1.94. The molecule has 0 aliphatic heterocycles. The Morgan fingerprint density at radius 3 is 2.50 bits per heavy atom. The first kappa shape index (κ1) is 13.1. The van der Waals surface area contributed by atoms with Gasteiger partial charge in [-0.05, 0) is 0 Å². The standard InChI is InChI=1S/C8H15NO4S/c1-6(5-8(11)13-2)14(12)4-3-7(9)10/h6H,3-5H2,1-2H3,(H2,9,10). The van der Waals surface area contributed by atoms with Gasteiger partial charge in [-0.2, -0.15) is 0 Å². The second-order valence-electron chi connectivity index (χ2n) is 2.89. The van der Waals surface area contributed by atoms with Crippen LogP contribution in [0.25, 0.3) is 0 Å². The Hall–Kier alpha value is -0.910. The van der Waals surface area contributed by atoms with Crippen molar-refractivity contribution in [3.63, 3.8) is 0 Å². The number of methoxy groups -OCH3 is 1. The topological polar surface area (TPSA) is 86.5 Å². The molecule has 0 rings (SSSR count). The van der Waals surface area contributed by atoms with Gasteiger partial charge in [-0.25, -0.2) is 0 Å². The van der Waals surface area contributed by atoms with Crippen molar-refractivity contribution in [2.45, 2.75) is 25.0 Å². The van der Waals surface area contributed by atoms with Crippen molar-refractivity contribution in [1.82, 2.24) is 0 Å². The Morgan fingerprint density at radius 2 is 2.07 bits per heavy atom. The average molecular weight is 221 g/mol. The molecule has 0 aromatic rings.